The number of anilines is 2. The molecule has 3 N–H and O–H groups in total. The molecule has 0 radical (unpaired) electrons. The molecule has 0 atom stereocenters. The molecule has 0 heterocycles. The lowest BCUT2D eigenvalue weighted by molar-refractivity contribution is 0.102. The Hall–Kier alpha value is -1.33. The van der Waals surface area contributed by atoms with Crippen LogP contribution < -0.4 is 11.1 Å². The molecule has 1 amide bonds. The summed E-state index contributed by atoms with van der Waals surface area (Å²) in [6.45, 7) is 6.08. The molecule has 122 valence electrons. The Morgan fingerprint density at radius 1 is 1.09 bits per heavy atom. The number of carbonyl (C=O) groups is 1. The molecule has 0 bridgehead atoms. The van der Waals surface area contributed by atoms with Gasteiger partial charge in [0, 0.05) is 20.2 Å². The van der Waals surface area contributed by atoms with Crippen LogP contribution in [0.3, 0.4) is 0 Å². The van der Waals surface area contributed by atoms with E-state index in [1.165, 1.54) is 5.56 Å². The van der Waals surface area contributed by atoms with Gasteiger partial charge in [0.25, 0.3) is 5.91 Å². The normalized spacial score (nSPS) is 10.7. The minimum absolute atomic E-state index is 0.117. The molecule has 0 saturated heterocycles. The third kappa shape index (κ3) is 3.61. The van der Waals surface area contributed by atoms with Crippen molar-refractivity contribution in [1.82, 2.24) is 0 Å². The molecule has 2 aromatic carbocycles. The highest BCUT2D eigenvalue weighted by molar-refractivity contribution is 9.11. The van der Waals surface area contributed by atoms with Gasteiger partial charge in [0.05, 0.1) is 5.69 Å². The standard InChI is InChI=1S/C18H20Br2N2O/c1-4-11-6-8-12(9-7-11)18(23)22-17-10(3)14(19)16(21)15(20)13(17)5-2/h6-9H,4-5,21H2,1-3H3,(H,22,23). The van der Waals surface area contributed by atoms with Crippen LogP contribution in [-0.2, 0) is 12.8 Å². The number of halogens is 2. The first kappa shape index (κ1) is 18.0. The van der Waals surface area contributed by atoms with E-state index in [2.05, 4.69) is 44.1 Å². The predicted octanol–water partition coefficient (Wildman–Crippen LogP) is 5.48. The summed E-state index contributed by atoms with van der Waals surface area (Å²) in [5, 5.41) is 3.04. The van der Waals surface area contributed by atoms with Crippen molar-refractivity contribution in [2.75, 3.05) is 11.1 Å². The number of nitrogen functional groups attached to an aromatic ring is 1. The second-order valence-electron chi connectivity index (χ2n) is 5.38. The Morgan fingerprint density at radius 3 is 2.22 bits per heavy atom. The van der Waals surface area contributed by atoms with Crippen LogP contribution in [0.5, 0.6) is 0 Å². The van der Waals surface area contributed by atoms with Gasteiger partial charge in [-0.05, 0) is 80.4 Å². The number of benzene rings is 2. The Labute approximate surface area is 153 Å². The largest absolute Gasteiger partial charge is 0.397 e. The fraction of sp³-hybridized carbons (Fsp3) is 0.278. The van der Waals surface area contributed by atoms with Gasteiger partial charge in [-0.2, -0.15) is 0 Å². The Balaban J connectivity index is 2.40. The predicted molar refractivity (Wildman–Crippen MR) is 104 cm³/mol. The van der Waals surface area contributed by atoms with Crippen molar-refractivity contribution < 1.29 is 4.79 Å². The van der Waals surface area contributed by atoms with Crippen molar-refractivity contribution in [2.24, 2.45) is 0 Å². The highest BCUT2D eigenvalue weighted by atomic mass is 79.9. The summed E-state index contributed by atoms with van der Waals surface area (Å²) in [6, 6.07) is 7.68. The number of aryl methyl sites for hydroxylation is 1. The van der Waals surface area contributed by atoms with Gasteiger partial charge in [0.15, 0.2) is 0 Å². The van der Waals surface area contributed by atoms with Crippen LogP contribution in [0.2, 0.25) is 0 Å². The first-order chi connectivity index (χ1) is 10.9. The molecule has 2 rings (SSSR count). The highest BCUT2D eigenvalue weighted by Crippen LogP contribution is 2.40. The van der Waals surface area contributed by atoms with Gasteiger partial charge in [-0.1, -0.05) is 26.0 Å². The number of amides is 1. The molecule has 0 aliphatic carbocycles. The third-order valence-electron chi connectivity index (χ3n) is 3.96. The van der Waals surface area contributed by atoms with Crippen molar-refractivity contribution in [3.8, 4) is 0 Å². The molecule has 0 aromatic heterocycles. The molecular weight excluding hydrogens is 420 g/mol. The van der Waals surface area contributed by atoms with Crippen molar-refractivity contribution in [3.63, 3.8) is 0 Å². The van der Waals surface area contributed by atoms with Crippen LogP contribution in [0.1, 0.15) is 40.9 Å². The van der Waals surface area contributed by atoms with Crippen LogP contribution in [0.15, 0.2) is 33.2 Å². The van der Waals surface area contributed by atoms with E-state index < -0.39 is 0 Å². The van der Waals surface area contributed by atoms with Crippen molar-refractivity contribution in [3.05, 3.63) is 55.5 Å². The number of nitrogens with two attached hydrogens (primary N) is 1. The molecule has 0 aliphatic rings. The first-order valence-electron chi connectivity index (χ1n) is 7.56. The van der Waals surface area contributed by atoms with Gasteiger partial charge < -0.3 is 11.1 Å². The fourth-order valence-electron chi connectivity index (χ4n) is 2.49. The number of hydrogen-bond acceptors (Lipinski definition) is 2. The summed E-state index contributed by atoms with van der Waals surface area (Å²) >= 11 is 7.04. The maximum atomic E-state index is 12.6. The summed E-state index contributed by atoms with van der Waals surface area (Å²) in [6.07, 6.45) is 1.72. The number of carbonyl (C=O) groups excluding carboxylic acids is 1. The van der Waals surface area contributed by atoms with Crippen LogP contribution in [0.4, 0.5) is 11.4 Å². The Kier molecular flexibility index (Phi) is 5.87. The molecule has 23 heavy (non-hydrogen) atoms. The zero-order valence-electron chi connectivity index (χ0n) is 13.5. The van der Waals surface area contributed by atoms with Crippen LogP contribution >= 0.6 is 31.9 Å². The Bertz CT molecular complexity index is 740. The van der Waals surface area contributed by atoms with Gasteiger partial charge in [-0.25, -0.2) is 0 Å². The highest BCUT2D eigenvalue weighted by Gasteiger charge is 2.18. The molecule has 3 nitrogen and oxygen atoms in total. The Morgan fingerprint density at radius 2 is 1.70 bits per heavy atom. The molecule has 0 fully saturated rings. The molecule has 0 unspecified atom stereocenters. The van der Waals surface area contributed by atoms with E-state index >= 15 is 0 Å². The van der Waals surface area contributed by atoms with E-state index in [4.69, 9.17) is 5.73 Å². The van der Waals surface area contributed by atoms with E-state index in [1.807, 2.05) is 38.1 Å². The number of rotatable bonds is 4. The van der Waals surface area contributed by atoms with Gasteiger partial charge in [0.1, 0.15) is 0 Å². The molecule has 5 heteroatoms. The zero-order chi connectivity index (χ0) is 17.1. The molecule has 2 aromatic rings. The lowest BCUT2D eigenvalue weighted by Crippen LogP contribution is -2.15. The topological polar surface area (TPSA) is 55.1 Å². The lowest BCUT2D eigenvalue weighted by Gasteiger charge is -2.18. The maximum Gasteiger partial charge on any atom is 0.255 e. The summed E-state index contributed by atoms with van der Waals surface area (Å²) in [5.41, 5.74) is 11.4. The average Bonchev–Trinajstić information content (AvgIpc) is 2.58. The van der Waals surface area contributed by atoms with Crippen LogP contribution in [0.25, 0.3) is 0 Å². The lowest BCUT2D eigenvalue weighted by atomic mass is 10.0. The average molecular weight is 440 g/mol. The third-order valence-corrected chi connectivity index (χ3v) is 5.89. The second kappa shape index (κ2) is 7.49. The van der Waals surface area contributed by atoms with E-state index in [0.29, 0.717) is 11.3 Å². The van der Waals surface area contributed by atoms with Gasteiger partial charge >= 0.3 is 0 Å². The smallest absolute Gasteiger partial charge is 0.255 e. The summed E-state index contributed by atoms with van der Waals surface area (Å²) < 4.78 is 1.63. The second-order valence-corrected chi connectivity index (χ2v) is 6.96. The number of nitrogens with one attached hydrogen (secondary N) is 1. The van der Waals surface area contributed by atoms with Crippen LogP contribution in [0, 0.1) is 6.92 Å². The van der Waals surface area contributed by atoms with Gasteiger partial charge in [-0.15, -0.1) is 0 Å². The monoisotopic (exact) mass is 438 g/mol. The summed E-state index contributed by atoms with van der Waals surface area (Å²) in [7, 11) is 0. The van der Waals surface area contributed by atoms with Crippen molar-refractivity contribution in [2.45, 2.75) is 33.6 Å². The van der Waals surface area contributed by atoms with Crippen molar-refractivity contribution in [1.29, 1.82) is 0 Å². The van der Waals surface area contributed by atoms with E-state index in [0.717, 1.165) is 38.6 Å². The van der Waals surface area contributed by atoms with Gasteiger partial charge in [-0.3, -0.25) is 4.79 Å². The molecule has 0 aliphatic heterocycles. The SMILES string of the molecule is CCc1ccc(C(=O)Nc2c(C)c(Br)c(N)c(Br)c2CC)cc1. The van der Waals surface area contributed by atoms with E-state index in [-0.39, 0.29) is 5.91 Å². The molecular formula is C18H20Br2N2O. The zero-order valence-corrected chi connectivity index (χ0v) is 16.6. The quantitative estimate of drug-likeness (QED) is 0.619. The minimum Gasteiger partial charge on any atom is -0.397 e. The number of hydrogen-bond donors (Lipinski definition) is 2. The first-order valence-corrected chi connectivity index (χ1v) is 9.15. The van der Waals surface area contributed by atoms with E-state index in [1.54, 1.807) is 0 Å². The summed E-state index contributed by atoms with van der Waals surface area (Å²) in [5.74, 6) is -0.117. The van der Waals surface area contributed by atoms with E-state index in [9.17, 15) is 4.79 Å². The fourth-order valence-corrected chi connectivity index (χ4v) is 3.82. The van der Waals surface area contributed by atoms with Crippen molar-refractivity contribution >= 4 is 49.1 Å². The van der Waals surface area contributed by atoms with Gasteiger partial charge in [0.2, 0.25) is 0 Å². The minimum atomic E-state index is -0.117. The maximum absolute atomic E-state index is 12.6. The molecule has 0 spiro atoms. The molecule has 0 saturated carbocycles. The van der Waals surface area contributed by atoms with Crippen LogP contribution in [-0.4, -0.2) is 5.91 Å². The summed E-state index contributed by atoms with van der Waals surface area (Å²) in [4.78, 5) is 12.6.